The lowest BCUT2D eigenvalue weighted by atomic mass is 9.99. The fourth-order valence-electron chi connectivity index (χ4n) is 4.47. The van der Waals surface area contributed by atoms with Gasteiger partial charge in [0, 0.05) is 31.4 Å². The Kier molecular flexibility index (Phi) is 5.43. The minimum Gasteiger partial charge on any atom is -0.447 e. The van der Waals surface area contributed by atoms with E-state index in [1.807, 2.05) is 29.7 Å². The lowest BCUT2D eigenvalue weighted by Gasteiger charge is -2.38. The first-order chi connectivity index (χ1) is 14.0. The van der Waals surface area contributed by atoms with E-state index >= 15 is 0 Å². The number of carbonyl (C=O) groups excluding carboxylic acids is 2. The van der Waals surface area contributed by atoms with Crippen molar-refractivity contribution in [1.29, 1.82) is 0 Å². The van der Waals surface area contributed by atoms with Crippen LogP contribution in [0.4, 0.5) is 4.79 Å². The van der Waals surface area contributed by atoms with E-state index in [1.165, 1.54) is 0 Å². The first kappa shape index (κ1) is 19.7. The zero-order chi connectivity index (χ0) is 20.5. The molecule has 4 rings (SSSR count). The number of ether oxygens (including phenoxy) is 1. The van der Waals surface area contributed by atoms with E-state index in [4.69, 9.17) is 4.74 Å². The molecule has 0 saturated carbocycles. The molecule has 0 bridgehead atoms. The first-order valence-electron chi connectivity index (χ1n) is 10.6. The van der Waals surface area contributed by atoms with Crippen LogP contribution in [-0.2, 0) is 4.74 Å². The van der Waals surface area contributed by atoms with Gasteiger partial charge in [0.05, 0.1) is 23.0 Å². The van der Waals surface area contributed by atoms with E-state index in [0.29, 0.717) is 25.3 Å². The topological polar surface area (TPSA) is 80.0 Å². The van der Waals surface area contributed by atoms with E-state index in [1.54, 1.807) is 10.7 Å². The maximum Gasteiger partial charge on any atom is 0.410 e. The number of hydrogen-bond acceptors (Lipinski definition) is 5. The Hall–Kier alpha value is -2.64. The molecule has 8 heteroatoms. The largest absolute Gasteiger partial charge is 0.447 e. The van der Waals surface area contributed by atoms with E-state index in [2.05, 4.69) is 17.0 Å². The van der Waals surface area contributed by atoms with Gasteiger partial charge < -0.3 is 9.64 Å². The minimum absolute atomic E-state index is 0.0185. The third-order valence-corrected chi connectivity index (χ3v) is 6.12. The number of aryl methyl sites for hydroxylation is 2. The average Bonchev–Trinajstić information content (AvgIpc) is 3.28. The van der Waals surface area contributed by atoms with Crippen LogP contribution in [-0.4, -0.2) is 68.2 Å². The number of cyclic esters (lactones) is 1. The Morgan fingerprint density at radius 2 is 2.03 bits per heavy atom. The van der Waals surface area contributed by atoms with Crippen LogP contribution < -0.4 is 0 Å². The van der Waals surface area contributed by atoms with E-state index < -0.39 is 0 Å². The average molecular weight is 399 g/mol. The molecule has 1 atom stereocenters. The molecule has 4 heterocycles. The normalized spacial score (nSPS) is 20.5. The van der Waals surface area contributed by atoms with Gasteiger partial charge in [0.2, 0.25) is 0 Å². The Balaban J connectivity index is 1.43. The van der Waals surface area contributed by atoms with Crippen LogP contribution >= 0.6 is 0 Å². The predicted molar refractivity (Wildman–Crippen MR) is 108 cm³/mol. The number of fused-ring (bicyclic) bond motifs is 1. The summed E-state index contributed by atoms with van der Waals surface area (Å²) in [6, 6.07) is 2.22. The van der Waals surface area contributed by atoms with Crippen LogP contribution in [0.2, 0.25) is 0 Å². The molecule has 2 aromatic rings. The van der Waals surface area contributed by atoms with Crippen molar-refractivity contribution in [1.82, 2.24) is 24.4 Å². The number of likely N-dealkylation sites (tertiary alicyclic amines) is 1. The number of piperidine rings is 1. The van der Waals surface area contributed by atoms with Crippen molar-refractivity contribution < 1.29 is 14.3 Å². The summed E-state index contributed by atoms with van der Waals surface area (Å²) >= 11 is 0. The van der Waals surface area contributed by atoms with Gasteiger partial charge in [-0.2, -0.15) is 5.10 Å². The van der Waals surface area contributed by atoms with E-state index in [0.717, 1.165) is 49.1 Å². The van der Waals surface area contributed by atoms with Crippen molar-refractivity contribution in [3.8, 4) is 0 Å². The Bertz CT molecular complexity index is 916. The number of nitrogens with zero attached hydrogens (tertiary/aromatic N) is 5. The van der Waals surface area contributed by atoms with Crippen LogP contribution in [0.5, 0.6) is 0 Å². The zero-order valence-corrected chi connectivity index (χ0v) is 17.4. The lowest BCUT2D eigenvalue weighted by molar-refractivity contribution is 0.0631. The molecule has 2 aromatic heterocycles. The Labute approximate surface area is 170 Å². The molecule has 8 nitrogen and oxygen atoms in total. The molecule has 0 radical (unpaired) electrons. The highest BCUT2D eigenvalue weighted by atomic mass is 16.6. The zero-order valence-electron chi connectivity index (χ0n) is 17.4. The van der Waals surface area contributed by atoms with Crippen molar-refractivity contribution in [3.05, 3.63) is 29.2 Å². The van der Waals surface area contributed by atoms with Gasteiger partial charge in [-0.1, -0.05) is 19.8 Å². The summed E-state index contributed by atoms with van der Waals surface area (Å²) in [5, 5.41) is 4.43. The molecular formula is C21H29N5O3. The van der Waals surface area contributed by atoms with Crippen molar-refractivity contribution in [2.24, 2.45) is 0 Å². The summed E-state index contributed by atoms with van der Waals surface area (Å²) < 4.78 is 7.05. The molecule has 2 amide bonds. The van der Waals surface area contributed by atoms with Gasteiger partial charge in [0.1, 0.15) is 6.61 Å². The second-order valence-electron chi connectivity index (χ2n) is 8.12. The highest BCUT2D eigenvalue weighted by Gasteiger charge is 2.39. The highest BCUT2D eigenvalue weighted by molar-refractivity contribution is 5.95. The standard InChI is InChI=1S/C21H29N5O3/c1-4-5-6-17-13-29-21(28)25(17)16-7-9-24(10-8-16)20(27)18-12-22-19-11-14(2)23-26(19)15(18)3/h11-12,16-17H,4-10,13H2,1-3H3. The summed E-state index contributed by atoms with van der Waals surface area (Å²) in [4.78, 5) is 33.6. The van der Waals surface area contributed by atoms with Gasteiger partial charge in [0.15, 0.2) is 5.65 Å². The monoisotopic (exact) mass is 399 g/mol. The van der Waals surface area contributed by atoms with Crippen LogP contribution in [0.25, 0.3) is 5.65 Å². The SMILES string of the molecule is CCCCC1COC(=O)N1C1CCN(C(=O)c2cnc3cc(C)nn3c2C)CC1. The van der Waals surface area contributed by atoms with Crippen LogP contribution in [0, 0.1) is 13.8 Å². The second kappa shape index (κ2) is 8.00. The van der Waals surface area contributed by atoms with Crippen molar-refractivity contribution in [2.75, 3.05) is 19.7 Å². The molecule has 156 valence electrons. The van der Waals surface area contributed by atoms with Crippen LogP contribution in [0.1, 0.15) is 60.8 Å². The molecule has 1 unspecified atom stereocenters. The third-order valence-electron chi connectivity index (χ3n) is 6.12. The number of aromatic nitrogens is 3. The molecule has 2 aliphatic heterocycles. The van der Waals surface area contributed by atoms with E-state index in [-0.39, 0.29) is 24.1 Å². The lowest BCUT2D eigenvalue weighted by Crippen LogP contribution is -2.49. The molecule has 2 aliphatic rings. The molecule has 0 spiro atoms. The summed E-state index contributed by atoms with van der Waals surface area (Å²) in [7, 11) is 0. The van der Waals surface area contributed by atoms with Gasteiger partial charge in [0.25, 0.3) is 5.91 Å². The molecule has 2 saturated heterocycles. The van der Waals surface area contributed by atoms with Crippen molar-refractivity contribution >= 4 is 17.6 Å². The Morgan fingerprint density at radius 3 is 2.76 bits per heavy atom. The molecule has 29 heavy (non-hydrogen) atoms. The summed E-state index contributed by atoms with van der Waals surface area (Å²) in [6.07, 6.45) is 6.19. The molecule has 0 N–H and O–H groups in total. The summed E-state index contributed by atoms with van der Waals surface area (Å²) in [5.41, 5.74) is 3.01. The third kappa shape index (κ3) is 3.68. The number of rotatable bonds is 5. The maximum atomic E-state index is 13.1. The summed E-state index contributed by atoms with van der Waals surface area (Å²) in [5.74, 6) is -0.0185. The fourth-order valence-corrected chi connectivity index (χ4v) is 4.47. The summed E-state index contributed by atoms with van der Waals surface area (Å²) in [6.45, 7) is 7.72. The minimum atomic E-state index is -0.199. The molecule has 0 aromatic carbocycles. The predicted octanol–water partition coefficient (Wildman–Crippen LogP) is 2.96. The molecule has 0 aliphatic carbocycles. The van der Waals surface area contributed by atoms with Crippen LogP contribution in [0.15, 0.2) is 12.3 Å². The number of amides is 2. The number of hydrogen-bond donors (Lipinski definition) is 0. The van der Waals surface area contributed by atoms with Gasteiger partial charge in [-0.3, -0.25) is 9.69 Å². The van der Waals surface area contributed by atoms with Gasteiger partial charge >= 0.3 is 6.09 Å². The fraction of sp³-hybridized carbons (Fsp3) is 0.619. The second-order valence-corrected chi connectivity index (χ2v) is 8.12. The number of carbonyl (C=O) groups is 2. The van der Waals surface area contributed by atoms with Gasteiger partial charge in [-0.05, 0) is 33.1 Å². The number of unbranched alkanes of at least 4 members (excludes halogenated alkanes) is 1. The maximum absolute atomic E-state index is 13.1. The molecular weight excluding hydrogens is 370 g/mol. The van der Waals surface area contributed by atoms with Gasteiger partial charge in [-0.15, -0.1) is 0 Å². The Morgan fingerprint density at radius 1 is 1.28 bits per heavy atom. The van der Waals surface area contributed by atoms with Crippen LogP contribution in [0.3, 0.4) is 0 Å². The quantitative estimate of drug-likeness (QED) is 0.772. The highest BCUT2D eigenvalue weighted by Crippen LogP contribution is 2.27. The smallest absolute Gasteiger partial charge is 0.410 e. The van der Waals surface area contributed by atoms with E-state index in [9.17, 15) is 9.59 Å². The van der Waals surface area contributed by atoms with Crippen molar-refractivity contribution in [2.45, 2.75) is 65.0 Å². The van der Waals surface area contributed by atoms with Gasteiger partial charge in [-0.25, -0.2) is 14.3 Å². The first-order valence-corrected chi connectivity index (χ1v) is 10.6. The van der Waals surface area contributed by atoms with Crippen molar-refractivity contribution in [3.63, 3.8) is 0 Å². The molecule has 2 fully saturated rings.